The highest BCUT2D eigenvalue weighted by Gasteiger charge is 2.15. The number of nitrogens with zero attached hydrogens (tertiary/aromatic N) is 1. The fourth-order valence-electron chi connectivity index (χ4n) is 3.84. The van der Waals surface area contributed by atoms with Gasteiger partial charge in [0.25, 0.3) is 0 Å². The highest BCUT2D eigenvalue weighted by Crippen LogP contribution is 2.37. The lowest BCUT2D eigenvalue weighted by molar-refractivity contribution is 0.0531. The second-order valence-electron chi connectivity index (χ2n) is 7.76. The van der Waals surface area contributed by atoms with Crippen LogP contribution in [0.15, 0.2) is 108 Å². The SMILES string of the molecule is O=C(OCCBr)c1ccc(N(c2ccc(-c3cccs3)cc2)c2ccc(-c3cccs3)cc2)cc1. The van der Waals surface area contributed by atoms with Gasteiger partial charge >= 0.3 is 5.97 Å². The summed E-state index contributed by atoms with van der Waals surface area (Å²) in [5.41, 5.74) is 5.99. The second kappa shape index (κ2) is 11.0. The molecule has 0 radical (unpaired) electrons. The molecule has 5 rings (SSSR count). The number of hydrogen-bond donors (Lipinski definition) is 0. The molecule has 0 fully saturated rings. The smallest absolute Gasteiger partial charge is 0.338 e. The molecule has 0 atom stereocenters. The van der Waals surface area contributed by atoms with Gasteiger partial charge in [-0.15, -0.1) is 22.7 Å². The molecule has 0 aliphatic heterocycles. The van der Waals surface area contributed by atoms with Gasteiger partial charge in [0.05, 0.1) is 5.56 Å². The van der Waals surface area contributed by atoms with Gasteiger partial charge in [0.1, 0.15) is 6.61 Å². The second-order valence-corrected chi connectivity index (χ2v) is 10.4. The van der Waals surface area contributed by atoms with E-state index in [4.69, 9.17) is 4.74 Å². The van der Waals surface area contributed by atoms with Crippen LogP contribution in [-0.4, -0.2) is 17.9 Å². The Morgan fingerprint density at radius 3 is 1.54 bits per heavy atom. The first-order valence-electron chi connectivity index (χ1n) is 11.1. The van der Waals surface area contributed by atoms with Crippen LogP contribution in [0.1, 0.15) is 10.4 Å². The Labute approximate surface area is 221 Å². The molecule has 5 aromatic rings. The molecule has 0 spiro atoms. The summed E-state index contributed by atoms with van der Waals surface area (Å²) in [5, 5.41) is 4.80. The molecule has 2 aromatic heterocycles. The standard InChI is InChI=1S/C29H22BrNO2S2/c30-17-18-33-29(32)23-9-15-26(16-10-23)31(24-11-5-21(6-12-24)27-3-1-19-34-27)25-13-7-22(8-14-25)28-4-2-20-35-28/h1-16,19-20H,17-18H2. The van der Waals surface area contributed by atoms with Crippen molar-refractivity contribution in [3.63, 3.8) is 0 Å². The topological polar surface area (TPSA) is 29.5 Å². The number of halogens is 1. The summed E-state index contributed by atoms with van der Waals surface area (Å²) < 4.78 is 5.25. The van der Waals surface area contributed by atoms with E-state index in [2.05, 4.69) is 104 Å². The van der Waals surface area contributed by atoms with E-state index < -0.39 is 0 Å². The number of benzene rings is 3. The molecule has 35 heavy (non-hydrogen) atoms. The maximum absolute atomic E-state index is 12.3. The van der Waals surface area contributed by atoms with E-state index in [-0.39, 0.29) is 5.97 Å². The molecule has 2 heterocycles. The zero-order chi connectivity index (χ0) is 24.0. The van der Waals surface area contributed by atoms with Gasteiger partial charge in [-0.2, -0.15) is 0 Å². The Balaban J connectivity index is 1.50. The molecule has 6 heteroatoms. The minimum absolute atomic E-state index is 0.317. The number of esters is 1. The van der Waals surface area contributed by atoms with Gasteiger partial charge in [0, 0.05) is 32.1 Å². The first kappa shape index (κ1) is 23.5. The van der Waals surface area contributed by atoms with Gasteiger partial charge in [0.15, 0.2) is 0 Å². The van der Waals surface area contributed by atoms with Crippen LogP contribution in [0.4, 0.5) is 17.1 Å². The van der Waals surface area contributed by atoms with Crippen LogP contribution in [-0.2, 0) is 4.74 Å². The van der Waals surface area contributed by atoms with E-state index in [1.807, 2.05) is 24.3 Å². The molecule has 0 unspecified atom stereocenters. The maximum atomic E-state index is 12.3. The maximum Gasteiger partial charge on any atom is 0.338 e. The van der Waals surface area contributed by atoms with Gasteiger partial charge in [-0.25, -0.2) is 4.79 Å². The Hall–Kier alpha value is -3.19. The lowest BCUT2D eigenvalue weighted by Crippen LogP contribution is -2.11. The average molecular weight is 561 g/mol. The van der Waals surface area contributed by atoms with Crippen molar-refractivity contribution in [2.24, 2.45) is 0 Å². The number of rotatable bonds is 8. The number of anilines is 3. The van der Waals surface area contributed by atoms with Crippen molar-refractivity contribution >= 4 is 61.6 Å². The third-order valence-corrected chi connectivity index (χ3v) is 7.70. The third kappa shape index (κ3) is 5.40. The van der Waals surface area contributed by atoms with Crippen LogP contribution < -0.4 is 4.90 Å². The van der Waals surface area contributed by atoms with Crippen molar-refractivity contribution in [3.05, 3.63) is 113 Å². The molecule has 3 aromatic carbocycles. The predicted molar refractivity (Wildman–Crippen MR) is 152 cm³/mol. The highest BCUT2D eigenvalue weighted by atomic mass is 79.9. The molecule has 0 N–H and O–H groups in total. The monoisotopic (exact) mass is 559 g/mol. The summed E-state index contributed by atoms with van der Waals surface area (Å²) in [6, 6.07) is 33.1. The number of alkyl halides is 1. The van der Waals surface area contributed by atoms with E-state index in [1.165, 1.54) is 20.9 Å². The summed E-state index contributed by atoms with van der Waals surface area (Å²) in [5.74, 6) is -0.317. The van der Waals surface area contributed by atoms with Gasteiger partial charge in [-0.1, -0.05) is 52.3 Å². The van der Waals surface area contributed by atoms with Gasteiger partial charge < -0.3 is 9.64 Å². The van der Waals surface area contributed by atoms with E-state index in [9.17, 15) is 4.79 Å². The van der Waals surface area contributed by atoms with Crippen molar-refractivity contribution in [2.75, 3.05) is 16.8 Å². The molecule has 0 saturated carbocycles. The number of hydrogen-bond acceptors (Lipinski definition) is 5. The summed E-state index contributed by atoms with van der Waals surface area (Å²) in [6.45, 7) is 0.347. The lowest BCUT2D eigenvalue weighted by Gasteiger charge is -2.26. The van der Waals surface area contributed by atoms with Crippen molar-refractivity contribution in [1.29, 1.82) is 0 Å². The van der Waals surface area contributed by atoms with Gasteiger partial charge in [-0.05, 0) is 82.6 Å². The Bertz CT molecular complexity index is 1280. The largest absolute Gasteiger partial charge is 0.461 e. The van der Waals surface area contributed by atoms with Crippen molar-refractivity contribution < 1.29 is 9.53 Å². The molecule has 0 saturated heterocycles. The Morgan fingerprint density at radius 2 is 1.14 bits per heavy atom. The summed E-state index contributed by atoms with van der Waals surface area (Å²) in [6.07, 6.45) is 0. The van der Waals surface area contributed by atoms with Crippen LogP contribution >= 0.6 is 38.6 Å². The van der Waals surface area contributed by atoms with Crippen LogP contribution in [0.25, 0.3) is 20.9 Å². The molecular weight excluding hydrogens is 538 g/mol. The summed E-state index contributed by atoms with van der Waals surface area (Å²) >= 11 is 6.75. The molecule has 0 aliphatic carbocycles. The molecule has 0 amide bonds. The molecular formula is C29H22BrNO2S2. The normalized spacial score (nSPS) is 10.8. The number of ether oxygens (including phenoxy) is 1. The van der Waals surface area contributed by atoms with Crippen LogP contribution in [0.5, 0.6) is 0 Å². The fraction of sp³-hybridized carbons (Fsp3) is 0.0690. The molecule has 0 aliphatic rings. The van der Waals surface area contributed by atoms with Crippen LogP contribution in [0.3, 0.4) is 0 Å². The highest BCUT2D eigenvalue weighted by molar-refractivity contribution is 9.09. The van der Waals surface area contributed by atoms with E-state index in [0.717, 1.165) is 17.1 Å². The first-order chi connectivity index (χ1) is 17.2. The first-order valence-corrected chi connectivity index (χ1v) is 14.0. The number of carbonyl (C=O) groups excluding carboxylic acids is 1. The van der Waals surface area contributed by atoms with Crippen molar-refractivity contribution in [3.8, 4) is 20.9 Å². The third-order valence-electron chi connectivity index (χ3n) is 5.53. The van der Waals surface area contributed by atoms with E-state index in [0.29, 0.717) is 17.5 Å². The minimum Gasteiger partial charge on any atom is -0.461 e. The van der Waals surface area contributed by atoms with Gasteiger partial charge in [0.2, 0.25) is 0 Å². The fourth-order valence-corrected chi connectivity index (χ4v) is 5.47. The lowest BCUT2D eigenvalue weighted by atomic mass is 10.1. The quantitative estimate of drug-likeness (QED) is 0.140. The summed E-state index contributed by atoms with van der Waals surface area (Å²) in [4.78, 5) is 17.0. The molecule has 3 nitrogen and oxygen atoms in total. The average Bonchev–Trinajstić information content (AvgIpc) is 3.64. The van der Waals surface area contributed by atoms with Crippen molar-refractivity contribution in [1.82, 2.24) is 0 Å². The van der Waals surface area contributed by atoms with E-state index >= 15 is 0 Å². The molecule has 174 valence electrons. The van der Waals surface area contributed by atoms with Crippen LogP contribution in [0, 0.1) is 0 Å². The van der Waals surface area contributed by atoms with Crippen molar-refractivity contribution in [2.45, 2.75) is 0 Å². The zero-order valence-corrected chi connectivity index (χ0v) is 22.0. The Kier molecular flexibility index (Phi) is 7.42. The van der Waals surface area contributed by atoms with E-state index in [1.54, 1.807) is 22.7 Å². The zero-order valence-electron chi connectivity index (χ0n) is 18.8. The minimum atomic E-state index is -0.317. The Morgan fingerprint density at radius 1 is 0.686 bits per heavy atom. The number of thiophene rings is 2. The summed E-state index contributed by atoms with van der Waals surface area (Å²) in [7, 11) is 0. The van der Waals surface area contributed by atoms with Crippen LogP contribution in [0.2, 0.25) is 0 Å². The number of carbonyl (C=O) groups is 1. The predicted octanol–water partition coefficient (Wildman–Crippen LogP) is 9.17. The molecule has 0 bridgehead atoms. The van der Waals surface area contributed by atoms with Gasteiger partial charge in [-0.3, -0.25) is 0 Å².